The molecule has 2 nitrogen and oxygen atoms in total. The SMILES string of the molecule is Cc1c(Cl)cccc1Nc1ncc(Br)cc1Br. The Bertz CT molecular complexity index is 558. The van der Waals surface area contributed by atoms with Crippen molar-refractivity contribution in [3.63, 3.8) is 0 Å². The van der Waals surface area contributed by atoms with Gasteiger partial charge in [0.15, 0.2) is 0 Å². The first-order chi connectivity index (χ1) is 8.08. The summed E-state index contributed by atoms with van der Waals surface area (Å²) in [5, 5.41) is 3.98. The number of nitrogens with zero attached hydrogens (tertiary/aromatic N) is 1. The average Bonchev–Trinajstić information content (AvgIpc) is 2.28. The zero-order chi connectivity index (χ0) is 12.4. The quantitative estimate of drug-likeness (QED) is 0.768. The van der Waals surface area contributed by atoms with E-state index in [1.807, 2.05) is 31.2 Å². The van der Waals surface area contributed by atoms with Crippen LogP contribution in [0.15, 0.2) is 39.4 Å². The second-order valence-electron chi connectivity index (χ2n) is 3.52. The highest BCUT2D eigenvalue weighted by Crippen LogP contribution is 2.29. The fourth-order valence-electron chi connectivity index (χ4n) is 1.38. The zero-order valence-corrected chi connectivity index (χ0v) is 12.9. The fourth-order valence-corrected chi connectivity index (χ4v) is 2.64. The third kappa shape index (κ3) is 3.00. The van der Waals surface area contributed by atoms with E-state index in [0.717, 1.165) is 31.0 Å². The van der Waals surface area contributed by atoms with Crippen molar-refractivity contribution in [2.75, 3.05) is 5.32 Å². The molecule has 1 N–H and O–H groups in total. The van der Waals surface area contributed by atoms with Gasteiger partial charge < -0.3 is 5.32 Å². The molecule has 5 heteroatoms. The van der Waals surface area contributed by atoms with Crippen LogP contribution in [-0.4, -0.2) is 4.98 Å². The molecule has 2 aromatic rings. The smallest absolute Gasteiger partial charge is 0.144 e. The minimum absolute atomic E-state index is 0.739. The lowest BCUT2D eigenvalue weighted by atomic mass is 10.2. The number of hydrogen-bond acceptors (Lipinski definition) is 2. The Kier molecular flexibility index (Phi) is 4.07. The van der Waals surface area contributed by atoms with Crippen LogP contribution in [0.2, 0.25) is 5.02 Å². The lowest BCUT2D eigenvalue weighted by Gasteiger charge is -2.11. The van der Waals surface area contributed by atoms with Crippen LogP contribution in [0.4, 0.5) is 11.5 Å². The Morgan fingerprint density at radius 1 is 1.29 bits per heavy atom. The summed E-state index contributed by atoms with van der Waals surface area (Å²) in [5.74, 6) is 0.763. The minimum Gasteiger partial charge on any atom is -0.339 e. The van der Waals surface area contributed by atoms with E-state index in [1.54, 1.807) is 6.20 Å². The van der Waals surface area contributed by atoms with Crippen LogP contribution in [0.3, 0.4) is 0 Å². The van der Waals surface area contributed by atoms with Crippen molar-refractivity contribution in [3.05, 3.63) is 50.0 Å². The van der Waals surface area contributed by atoms with Gasteiger partial charge in [0.2, 0.25) is 0 Å². The molecule has 1 heterocycles. The van der Waals surface area contributed by atoms with E-state index in [0.29, 0.717) is 0 Å². The van der Waals surface area contributed by atoms with Crippen LogP contribution in [0, 0.1) is 6.92 Å². The molecule has 0 spiro atoms. The first kappa shape index (κ1) is 12.9. The van der Waals surface area contributed by atoms with Gasteiger partial charge >= 0.3 is 0 Å². The summed E-state index contributed by atoms with van der Waals surface area (Å²) in [6.07, 6.45) is 1.74. The molecule has 1 aromatic carbocycles. The fraction of sp³-hybridized carbons (Fsp3) is 0.0833. The van der Waals surface area contributed by atoms with E-state index in [9.17, 15) is 0 Å². The number of anilines is 2. The van der Waals surface area contributed by atoms with Crippen LogP contribution in [0.25, 0.3) is 0 Å². The number of aromatic nitrogens is 1. The van der Waals surface area contributed by atoms with Crippen molar-refractivity contribution >= 4 is 55.0 Å². The summed E-state index contributed by atoms with van der Waals surface area (Å²) in [6.45, 7) is 1.97. The minimum atomic E-state index is 0.739. The molecular weight excluding hydrogens is 367 g/mol. The lowest BCUT2D eigenvalue weighted by molar-refractivity contribution is 1.27. The van der Waals surface area contributed by atoms with Crippen molar-refractivity contribution in [2.24, 2.45) is 0 Å². The summed E-state index contributed by atoms with van der Waals surface area (Å²) in [7, 11) is 0. The maximum absolute atomic E-state index is 6.07. The van der Waals surface area contributed by atoms with Gasteiger partial charge in [-0.15, -0.1) is 0 Å². The highest BCUT2D eigenvalue weighted by atomic mass is 79.9. The molecule has 2 rings (SSSR count). The van der Waals surface area contributed by atoms with E-state index < -0.39 is 0 Å². The first-order valence-corrected chi connectivity index (χ1v) is 6.87. The van der Waals surface area contributed by atoms with E-state index in [2.05, 4.69) is 42.2 Å². The summed E-state index contributed by atoms with van der Waals surface area (Å²) in [6, 6.07) is 7.68. The molecule has 0 aliphatic rings. The molecule has 0 aliphatic heterocycles. The van der Waals surface area contributed by atoms with Gasteiger partial charge in [0, 0.05) is 21.4 Å². The van der Waals surface area contributed by atoms with Crippen molar-refractivity contribution < 1.29 is 0 Å². The number of halogens is 3. The standard InChI is InChI=1S/C12H9Br2ClN2/c1-7-10(15)3-2-4-11(7)17-12-9(14)5-8(13)6-16-12/h2-6H,1H3,(H,16,17). The molecule has 17 heavy (non-hydrogen) atoms. The maximum Gasteiger partial charge on any atom is 0.144 e. The summed E-state index contributed by atoms with van der Waals surface area (Å²) < 4.78 is 1.82. The van der Waals surface area contributed by atoms with E-state index >= 15 is 0 Å². The topological polar surface area (TPSA) is 24.9 Å². The molecule has 0 unspecified atom stereocenters. The molecule has 0 bridgehead atoms. The molecular formula is C12H9Br2ClN2. The molecule has 0 aliphatic carbocycles. The van der Waals surface area contributed by atoms with Gasteiger partial charge in [-0.2, -0.15) is 0 Å². The van der Waals surface area contributed by atoms with Gasteiger partial charge in [-0.1, -0.05) is 17.7 Å². The summed E-state index contributed by atoms with van der Waals surface area (Å²) in [4.78, 5) is 4.30. The van der Waals surface area contributed by atoms with Gasteiger partial charge in [-0.25, -0.2) is 4.98 Å². The Morgan fingerprint density at radius 3 is 2.76 bits per heavy atom. The number of rotatable bonds is 2. The number of benzene rings is 1. The van der Waals surface area contributed by atoms with Gasteiger partial charge in [-0.3, -0.25) is 0 Å². The van der Waals surface area contributed by atoms with E-state index in [-0.39, 0.29) is 0 Å². The van der Waals surface area contributed by atoms with Crippen LogP contribution >= 0.6 is 43.5 Å². The Balaban J connectivity index is 2.35. The molecule has 0 fully saturated rings. The Hall–Kier alpha value is -0.580. The Labute approximate surface area is 122 Å². The second-order valence-corrected chi connectivity index (χ2v) is 5.70. The highest BCUT2D eigenvalue weighted by Gasteiger charge is 2.06. The molecule has 88 valence electrons. The second kappa shape index (κ2) is 5.38. The number of hydrogen-bond donors (Lipinski definition) is 1. The molecule has 0 atom stereocenters. The number of pyridine rings is 1. The van der Waals surface area contributed by atoms with Gasteiger partial charge in [0.1, 0.15) is 5.82 Å². The zero-order valence-electron chi connectivity index (χ0n) is 8.97. The molecule has 0 saturated heterocycles. The molecule has 0 amide bonds. The third-order valence-corrected chi connectivity index (χ3v) is 3.78. The maximum atomic E-state index is 6.07. The predicted molar refractivity (Wildman–Crippen MR) is 79.1 cm³/mol. The monoisotopic (exact) mass is 374 g/mol. The first-order valence-electron chi connectivity index (χ1n) is 4.91. The van der Waals surface area contributed by atoms with Crippen molar-refractivity contribution in [1.82, 2.24) is 4.98 Å². The predicted octanol–water partition coefficient (Wildman–Crippen LogP) is 5.31. The van der Waals surface area contributed by atoms with Crippen LogP contribution < -0.4 is 5.32 Å². The van der Waals surface area contributed by atoms with Crippen LogP contribution in [0.5, 0.6) is 0 Å². The van der Waals surface area contributed by atoms with Gasteiger partial charge in [0.05, 0.1) is 4.47 Å². The van der Waals surface area contributed by atoms with E-state index in [4.69, 9.17) is 11.6 Å². The largest absolute Gasteiger partial charge is 0.339 e. The molecule has 0 radical (unpaired) electrons. The summed E-state index contributed by atoms with van der Waals surface area (Å²) >= 11 is 12.9. The van der Waals surface area contributed by atoms with Crippen LogP contribution in [0.1, 0.15) is 5.56 Å². The summed E-state index contributed by atoms with van der Waals surface area (Å²) in [5.41, 5.74) is 1.96. The molecule has 1 aromatic heterocycles. The average molecular weight is 376 g/mol. The molecule has 0 saturated carbocycles. The van der Waals surface area contributed by atoms with E-state index in [1.165, 1.54) is 0 Å². The van der Waals surface area contributed by atoms with Crippen molar-refractivity contribution in [3.8, 4) is 0 Å². The lowest BCUT2D eigenvalue weighted by Crippen LogP contribution is -1.96. The van der Waals surface area contributed by atoms with Crippen molar-refractivity contribution in [2.45, 2.75) is 6.92 Å². The van der Waals surface area contributed by atoms with Gasteiger partial charge in [0.25, 0.3) is 0 Å². The highest BCUT2D eigenvalue weighted by molar-refractivity contribution is 9.11. The van der Waals surface area contributed by atoms with Crippen molar-refractivity contribution in [1.29, 1.82) is 0 Å². The third-order valence-electron chi connectivity index (χ3n) is 2.33. The normalized spacial score (nSPS) is 10.4. The van der Waals surface area contributed by atoms with Crippen LogP contribution in [-0.2, 0) is 0 Å². The number of nitrogens with one attached hydrogen (secondary N) is 1. The van der Waals surface area contributed by atoms with Gasteiger partial charge in [-0.05, 0) is 62.5 Å². The Morgan fingerprint density at radius 2 is 2.06 bits per heavy atom.